The van der Waals surface area contributed by atoms with Gasteiger partial charge in [0.05, 0.1) is 0 Å². The smallest absolute Gasteiger partial charge is 0.0499 e. The van der Waals surface area contributed by atoms with E-state index in [-0.39, 0.29) is 5.41 Å². The van der Waals surface area contributed by atoms with Gasteiger partial charge in [-0.2, -0.15) is 0 Å². The molecule has 0 aromatic rings. The molecule has 0 unspecified atom stereocenters. The van der Waals surface area contributed by atoms with E-state index in [2.05, 4.69) is 19.2 Å². The Balaban J connectivity index is 1.76. The van der Waals surface area contributed by atoms with Crippen molar-refractivity contribution in [1.82, 2.24) is 5.32 Å². The molecule has 2 rings (SSSR count). The fourth-order valence-electron chi connectivity index (χ4n) is 3.66. The predicted octanol–water partition coefficient (Wildman–Crippen LogP) is 3.49. The highest BCUT2D eigenvalue weighted by Gasteiger charge is 2.33. The number of aliphatic hydroxyl groups is 1. The van der Waals surface area contributed by atoms with Crippen LogP contribution in [0, 0.1) is 10.8 Å². The Kier molecular flexibility index (Phi) is 4.71. The normalized spacial score (nSPS) is 28.2. The van der Waals surface area contributed by atoms with Crippen LogP contribution in [0.25, 0.3) is 0 Å². The monoisotopic (exact) mass is 253 g/mol. The SMILES string of the molecule is CC1(C)CCC(NCC2(CO)CCCCC2)CC1. The van der Waals surface area contributed by atoms with E-state index in [1.165, 1.54) is 57.8 Å². The first-order chi connectivity index (χ1) is 8.55. The highest BCUT2D eigenvalue weighted by molar-refractivity contribution is 4.88. The number of aliphatic hydroxyl groups excluding tert-OH is 1. The fourth-order valence-corrected chi connectivity index (χ4v) is 3.66. The lowest BCUT2D eigenvalue weighted by molar-refractivity contribution is 0.0737. The molecule has 0 atom stereocenters. The van der Waals surface area contributed by atoms with Crippen LogP contribution >= 0.6 is 0 Å². The minimum Gasteiger partial charge on any atom is -0.396 e. The Hall–Kier alpha value is -0.0800. The van der Waals surface area contributed by atoms with Crippen LogP contribution in [0.2, 0.25) is 0 Å². The number of hydrogen-bond acceptors (Lipinski definition) is 2. The highest BCUT2D eigenvalue weighted by Crippen LogP contribution is 2.37. The molecule has 0 spiro atoms. The summed E-state index contributed by atoms with van der Waals surface area (Å²) in [6.07, 6.45) is 11.7. The van der Waals surface area contributed by atoms with Gasteiger partial charge in [0.25, 0.3) is 0 Å². The zero-order valence-corrected chi connectivity index (χ0v) is 12.3. The van der Waals surface area contributed by atoms with E-state index in [1.54, 1.807) is 0 Å². The minimum absolute atomic E-state index is 0.200. The van der Waals surface area contributed by atoms with Gasteiger partial charge >= 0.3 is 0 Å². The summed E-state index contributed by atoms with van der Waals surface area (Å²) in [6.45, 7) is 6.19. The average molecular weight is 253 g/mol. The van der Waals surface area contributed by atoms with Gasteiger partial charge in [0, 0.05) is 24.6 Å². The topological polar surface area (TPSA) is 32.3 Å². The van der Waals surface area contributed by atoms with Crippen LogP contribution in [0.5, 0.6) is 0 Å². The molecule has 18 heavy (non-hydrogen) atoms. The first-order valence-electron chi connectivity index (χ1n) is 7.90. The molecule has 2 fully saturated rings. The van der Waals surface area contributed by atoms with Gasteiger partial charge in [-0.1, -0.05) is 33.1 Å². The molecule has 2 saturated carbocycles. The molecule has 0 saturated heterocycles. The molecule has 2 aliphatic rings. The van der Waals surface area contributed by atoms with Crippen molar-refractivity contribution >= 4 is 0 Å². The number of rotatable bonds is 4. The van der Waals surface area contributed by atoms with Crippen molar-refractivity contribution in [2.45, 2.75) is 77.7 Å². The van der Waals surface area contributed by atoms with Crippen LogP contribution in [0.15, 0.2) is 0 Å². The molecule has 0 heterocycles. The van der Waals surface area contributed by atoms with Gasteiger partial charge in [0.15, 0.2) is 0 Å². The molecule has 2 nitrogen and oxygen atoms in total. The maximum Gasteiger partial charge on any atom is 0.0499 e. The molecule has 0 aromatic carbocycles. The third kappa shape index (κ3) is 3.71. The van der Waals surface area contributed by atoms with Crippen molar-refractivity contribution in [2.75, 3.05) is 13.2 Å². The van der Waals surface area contributed by atoms with Crippen molar-refractivity contribution in [3.05, 3.63) is 0 Å². The number of hydrogen-bond donors (Lipinski definition) is 2. The standard InChI is InChI=1S/C16H31NO/c1-15(2)10-6-14(7-11-15)17-12-16(13-18)8-4-3-5-9-16/h14,17-18H,3-13H2,1-2H3. The molecule has 0 aromatic heterocycles. The quantitative estimate of drug-likeness (QED) is 0.804. The molecule has 0 radical (unpaired) electrons. The van der Waals surface area contributed by atoms with E-state index in [9.17, 15) is 5.11 Å². The summed E-state index contributed by atoms with van der Waals surface area (Å²) in [6, 6.07) is 0.698. The fraction of sp³-hybridized carbons (Fsp3) is 1.00. The van der Waals surface area contributed by atoms with Gasteiger partial charge in [0.2, 0.25) is 0 Å². The van der Waals surface area contributed by atoms with E-state index < -0.39 is 0 Å². The van der Waals surface area contributed by atoms with Crippen molar-refractivity contribution < 1.29 is 5.11 Å². The van der Waals surface area contributed by atoms with E-state index in [0.29, 0.717) is 18.1 Å². The summed E-state index contributed by atoms with van der Waals surface area (Å²) in [5.41, 5.74) is 0.753. The molecular weight excluding hydrogens is 222 g/mol. The van der Waals surface area contributed by atoms with E-state index in [1.807, 2.05) is 0 Å². The summed E-state index contributed by atoms with van der Waals surface area (Å²) >= 11 is 0. The highest BCUT2D eigenvalue weighted by atomic mass is 16.3. The molecule has 0 bridgehead atoms. The summed E-state index contributed by atoms with van der Waals surface area (Å²) in [4.78, 5) is 0. The zero-order chi connectivity index (χ0) is 13.1. The molecule has 0 amide bonds. The van der Waals surface area contributed by atoms with Gasteiger partial charge in [-0.3, -0.25) is 0 Å². The van der Waals surface area contributed by atoms with Crippen LogP contribution in [-0.2, 0) is 0 Å². The molecule has 0 aliphatic heterocycles. The van der Waals surface area contributed by atoms with Gasteiger partial charge in [-0.05, 0) is 43.9 Å². The van der Waals surface area contributed by atoms with Crippen LogP contribution in [-0.4, -0.2) is 24.3 Å². The largest absolute Gasteiger partial charge is 0.396 e. The zero-order valence-electron chi connectivity index (χ0n) is 12.3. The number of nitrogens with one attached hydrogen (secondary N) is 1. The summed E-state index contributed by atoms with van der Waals surface area (Å²) in [5, 5.41) is 13.5. The van der Waals surface area contributed by atoms with Crippen LogP contribution in [0.4, 0.5) is 0 Å². The van der Waals surface area contributed by atoms with Crippen molar-refractivity contribution in [1.29, 1.82) is 0 Å². The first kappa shape index (κ1) is 14.3. The van der Waals surface area contributed by atoms with Crippen molar-refractivity contribution in [3.8, 4) is 0 Å². The van der Waals surface area contributed by atoms with E-state index >= 15 is 0 Å². The van der Waals surface area contributed by atoms with Gasteiger partial charge in [-0.25, -0.2) is 0 Å². The second-order valence-corrected chi connectivity index (χ2v) is 7.54. The summed E-state index contributed by atoms with van der Waals surface area (Å²) in [7, 11) is 0. The molecule has 2 heteroatoms. The van der Waals surface area contributed by atoms with Crippen LogP contribution in [0.3, 0.4) is 0 Å². The summed E-state index contributed by atoms with van der Waals surface area (Å²) < 4.78 is 0. The van der Waals surface area contributed by atoms with Gasteiger partial charge in [0.1, 0.15) is 0 Å². The Bertz CT molecular complexity index is 246. The Morgan fingerprint density at radius 1 is 1.00 bits per heavy atom. The Morgan fingerprint density at radius 2 is 1.61 bits per heavy atom. The van der Waals surface area contributed by atoms with Crippen molar-refractivity contribution in [2.24, 2.45) is 10.8 Å². The van der Waals surface area contributed by atoms with E-state index in [0.717, 1.165) is 6.54 Å². The van der Waals surface area contributed by atoms with E-state index in [4.69, 9.17) is 0 Å². The first-order valence-corrected chi connectivity index (χ1v) is 7.90. The maximum atomic E-state index is 9.71. The second-order valence-electron chi connectivity index (χ2n) is 7.54. The second kappa shape index (κ2) is 5.92. The Morgan fingerprint density at radius 3 is 2.17 bits per heavy atom. The predicted molar refractivity (Wildman–Crippen MR) is 76.6 cm³/mol. The van der Waals surface area contributed by atoms with Crippen molar-refractivity contribution in [3.63, 3.8) is 0 Å². The average Bonchev–Trinajstić information content (AvgIpc) is 2.39. The summed E-state index contributed by atoms with van der Waals surface area (Å²) in [5.74, 6) is 0. The van der Waals surface area contributed by atoms with Gasteiger partial charge in [-0.15, -0.1) is 0 Å². The minimum atomic E-state index is 0.200. The third-order valence-corrected chi connectivity index (χ3v) is 5.35. The Labute approximate surface area is 113 Å². The lowest BCUT2D eigenvalue weighted by Crippen LogP contribution is -2.44. The van der Waals surface area contributed by atoms with Crippen LogP contribution < -0.4 is 5.32 Å². The lowest BCUT2D eigenvalue weighted by atomic mass is 9.73. The van der Waals surface area contributed by atoms with Crippen LogP contribution in [0.1, 0.15) is 71.6 Å². The lowest BCUT2D eigenvalue weighted by Gasteiger charge is -2.39. The molecule has 106 valence electrons. The molecular formula is C16H31NO. The molecule has 2 N–H and O–H groups in total. The maximum absolute atomic E-state index is 9.71. The third-order valence-electron chi connectivity index (χ3n) is 5.35. The van der Waals surface area contributed by atoms with Gasteiger partial charge < -0.3 is 10.4 Å². The molecule has 2 aliphatic carbocycles.